The molecule has 0 radical (unpaired) electrons. The second-order valence-electron chi connectivity index (χ2n) is 7.20. The number of furan rings is 1. The lowest BCUT2D eigenvalue weighted by molar-refractivity contribution is 0.0907. The zero-order chi connectivity index (χ0) is 20.9. The average molecular weight is 400 g/mol. The molecule has 4 aromatic rings. The standard InChI is InChI=1S/C25H24N2O3/c1-18-8-3-4-11-23(18)29-17-22-12-13-24(30-22)25(28)26-19(2)20-9-7-10-21(16-20)27-14-5-6-15-27/h3-16,19H,17H2,1-2H3,(H,26,28). The van der Waals surface area contributed by atoms with Gasteiger partial charge in [0.05, 0.1) is 6.04 Å². The molecule has 0 aliphatic carbocycles. The van der Waals surface area contributed by atoms with Crippen LogP contribution in [0.15, 0.2) is 89.6 Å². The Morgan fingerprint density at radius 2 is 1.83 bits per heavy atom. The van der Waals surface area contributed by atoms with Gasteiger partial charge in [0.15, 0.2) is 5.76 Å². The van der Waals surface area contributed by atoms with Crippen LogP contribution >= 0.6 is 0 Å². The van der Waals surface area contributed by atoms with Gasteiger partial charge in [-0.3, -0.25) is 4.79 Å². The van der Waals surface area contributed by atoms with Gasteiger partial charge in [0.1, 0.15) is 18.1 Å². The summed E-state index contributed by atoms with van der Waals surface area (Å²) in [6, 6.07) is 23.1. The molecule has 2 heterocycles. The molecule has 1 N–H and O–H groups in total. The van der Waals surface area contributed by atoms with E-state index in [0.717, 1.165) is 22.6 Å². The Hall–Kier alpha value is -3.73. The summed E-state index contributed by atoms with van der Waals surface area (Å²) in [5, 5.41) is 3.00. The van der Waals surface area contributed by atoms with Crippen molar-refractivity contribution < 1.29 is 13.9 Å². The Kier molecular flexibility index (Phi) is 5.70. The van der Waals surface area contributed by atoms with Crippen molar-refractivity contribution in [3.63, 3.8) is 0 Å². The summed E-state index contributed by atoms with van der Waals surface area (Å²) in [4.78, 5) is 12.6. The van der Waals surface area contributed by atoms with E-state index < -0.39 is 0 Å². The zero-order valence-corrected chi connectivity index (χ0v) is 17.0. The lowest BCUT2D eigenvalue weighted by Crippen LogP contribution is -2.26. The molecule has 1 unspecified atom stereocenters. The van der Waals surface area contributed by atoms with Crippen LogP contribution < -0.4 is 10.1 Å². The SMILES string of the molecule is Cc1ccccc1OCc1ccc(C(=O)NC(C)c2cccc(-n3cccc3)c2)o1. The maximum atomic E-state index is 12.6. The molecule has 152 valence electrons. The topological polar surface area (TPSA) is 56.4 Å². The number of aromatic nitrogens is 1. The molecule has 0 saturated heterocycles. The van der Waals surface area contributed by atoms with Crippen LogP contribution in [-0.2, 0) is 6.61 Å². The molecule has 0 aliphatic rings. The number of hydrogen-bond acceptors (Lipinski definition) is 3. The summed E-state index contributed by atoms with van der Waals surface area (Å²) >= 11 is 0. The number of ether oxygens (including phenoxy) is 1. The van der Waals surface area contributed by atoms with Crippen LogP contribution in [0, 0.1) is 6.92 Å². The van der Waals surface area contributed by atoms with Crippen LogP contribution in [0.5, 0.6) is 5.75 Å². The molecule has 0 bridgehead atoms. The van der Waals surface area contributed by atoms with E-state index in [1.807, 2.05) is 85.4 Å². The van der Waals surface area contributed by atoms with Gasteiger partial charge in [-0.05, 0) is 67.4 Å². The van der Waals surface area contributed by atoms with Crippen molar-refractivity contribution in [3.05, 3.63) is 108 Å². The molecule has 5 heteroatoms. The highest BCUT2D eigenvalue weighted by Gasteiger charge is 2.16. The normalized spacial score (nSPS) is 11.8. The van der Waals surface area contributed by atoms with Crippen LogP contribution in [0.2, 0.25) is 0 Å². The van der Waals surface area contributed by atoms with Crippen molar-refractivity contribution >= 4 is 5.91 Å². The first-order valence-corrected chi connectivity index (χ1v) is 9.91. The number of nitrogens with one attached hydrogen (secondary N) is 1. The fourth-order valence-corrected chi connectivity index (χ4v) is 3.26. The third-order valence-electron chi connectivity index (χ3n) is 4.97. The Balaban J connectivity index is 1.38. The average Bonchev–Trinajstić information content (AvgIpc) is 3.46. The van der Waals surface area contributed by atoms with Gasteiger partial charge in [-0.15, -0.1) is 0 Å². The minimum absolute atomic E-state index is 0.162. The summed E-state index contributed by atoms with van der Waals surface area (Å²) in [5.41, 5.74) is 3.12. The Bertz CT molecular complexity index is 1130. The molecular weight excluding hydrogens is 376 g/mol. The molecule has 0 aliphatic heterocycles. The highest BCUT2D eigenvalue weighted by molar-refractivity contribution is 5.91. The minimum Gasteiger partial charge on any atom is -0.485 e. The van der Waals surface area contributed by atoms with E-state index in [4.69, 9.17) is 9.15 Å². The number of aryl methyl sites for hydroxylation is 1. The third kappa shape index (κ3) is 4.46. The predicted molar refractivity (Wildman–Crippen MR) is 116 cm³/mol. The lowest BCUT2D eigenvalue weighted by Gasteiger charge is -2.15. The highest BCUT2D eigenvalue weighted by atomic mass is 16.5. The van der Waals surface area contributed by atoms with Crippen LogP contribution in [0.3, 0.4) is 0 Å². The van der Waals surface area contributed by atoms with E-state index in [9.17, 15) is 4.79 Å². The van der Waals surface area contributed by atoms with Gasteiger partial charge in [0.25, 0.3) is 5.91 Å². The van der Waals surface area contributed by atoms with E-state index in [1.165, 1.54) is 0 Å². The Morgan fingerprint density at radius 3 is 2.63 bits per heavy atom. The van der Waals surface area contributed by atoms with Gasteiger partial charge in [0, 0.05) is 18.1 Å². The predicted octanol–water partition coefficient (Wildman–Crippen LogP) is 5.45. The third-order valence-corrected chi connectivity index (χ3v) is 4.97. The molecule has 30 heavy (non-hydrogen) atoms. The van der Waals surface area contributed by atoms with Crippen molar-refractivity contribution in [2.24, 2.45) is 0 Å². The van der Waals surface area contributed by atoms with Crippen molar-refractivity contribution in [1.82, 2.24) is 9.88 Å². The summed E-state index contributed by atoms with van der Waals surface area (Å²) in [6.45, 7) is 4.22. The molecule has 2 aromatic heterocycles. The number of carbonyl (C=O) groups excluding carboxylic acids is 1. The number of benzene rings is 2. The number of rotatable bonds is 7. The molecule has 4 rings (SSSR count). The fraction of sp³-hybridized carbons (Fsp3) is 0.160. The summed E-state index contributed by atoms with van der Waals surface area (Å²) in [6.07, 6.45) is 3.98. The van der Waals surface area contributed by atoms with Crippen molar-refractivity contribution in [3.8, 4) is 11.4 Å². The van der Waals surface area contributed by atoms with E-state index in [2.05, 4.69) is 11.4 Å². The fourth-order valence-electron chi connectivity index (χ4n) is 3.26. The molecular formula is C25H24N2O3. The van der Waals surface area contributed by atoms with Crippen LogP contribution in [0.25, 0.3) is 5.69 Å². The molecule has 2 aromatic carbocycles. The van der Waals surface area contributed by atoms with Crippen LogP contribution in [0.4, 0.5) is 0 Å². The van der Waals surface area contributed by atoms with E-state index in [-0.39, 0.29) is 24.3 Å². The van der Waals surface area contributed by atoms with Crippen LogP contribution in [-0.4, -0.2) is 10.5 Å². The van der Waals surface area contributed by atoms with Crippen molar-refractivity contribution in [2.45, 2.75) is 26.5 Å². The number of amides is 1. The first-order chi connectivity index (χ1) is 14.6. The molecule has 0 spiro atoms. The Labute approximate surface area is 175 Å². The number of nitrogens with zero attached hydrogens (tertiary/aromatic N) is 1. The second-order valence-corrected chi connectivity index (χ2v) is 7.20. The number of carbonyl (C=O) groups is 1. The Morgan fingerprint density at radius 1 is 1.03 bits per heavy atom. The van der Waals surface area contributed by atoms with Gasteiger partial charge < -0.3 is 19.0 Å². The smallest absolute Gasteiger partial charge is 0.287 e. The monoisotopic (exact) mass is 400 g/mol. The zero-order valence-electron chi connectivity index (χ0n) is 17.0. The van der Waals surface area contributed by atoms with E-state index in [0.29, 0.717) is 5.76 Å². The first-order valence-electron chi connectivity index (χ1n) is 9.91. The molecule has 5 nitrogen and oxygen atoms in total. The highest BCUT2D eigenvalue weighted by Crippen LogP contribution is 2.20. The minimum atomic E-state index is -0.254. The van der Waals surface area contributed by atoms with E-state index >= 15 is 0 Å². The number of hydrogen-bond donors (Lipinski definition) is 1. The van der Waals surface area contributed by atoms with Gasteiger partial charge >= 0.3 is 0 Å². The van der Waals surface area contributed by atoms with Crippen molar-refractivity contribution in [2.75, 3.05) is 0 Å². The first kappa shape index (κ1) is 19.6. The number of para-hydroxylation sites is 1. The van der Waals surface area contributed by atoms with Crippen molar-refractivity contribution in [1.29, 1.82) is 0 Å². The van der Waals surface area contributed by atoms with Crippen LogP contribution in [0.1, 0.15) is 40.4 Å². The van der Waals surface area contributed by atoms with Gasteiger partial charge in [-0.2, -0.15) is 0 Å². The molecule has 1 amide bonds. The quantitative estimate of drug-likeness (QED) is 0.449. The molecule has 0 fully saturated rings. The summed E-state index contributed by atoms with van der Waals surface area (Å²) in [7, 11) is 0. The maximum absolute atomic E-state index is 12.6. The largest absolute Gasteiger partial charge is 0.485 e. The lowest BCUT2D eigenvalue weighted by atomic mass is 10.1. The van der Waals surface area contributed by atoms with Gasteiger partial charge in [-0.1, -0.05) is 30.3 Å². The van der Waals surface area contributed by atoms with Gasteiger partial charge in [-0.25, -0.2) is 0 Å². The summed E-state index contributed by atoms with van der Waals surface area (Å²) < 4.78 is 13.5. The molecule has 0 saturated carbocycles. The molecule has 1 atom stereocenters. The second kappa shape index (κ2) is 8.74. The van der Waals surface area contributed by atoms with Gasteiger partial charge in [0.2, 0.25) is 0 Å². The maximum Gasteiger partial charge on any atom is 0.287 e. The summed E-state index contributed by atoms with van der Waals surface area (Å²) in [5.74, 6) is 1.42. The van der Waals surface area contributed by atoms with E-state index in [1.54, 1.807) is 12.1 Å².